The van der Waals surface area contributed by atoms with Gasteiger partial charge in [0.25, 0.3) is 5.91 Å². The second-order valence-electron chi connectivity index (χ2n) is 6.18. The molecule has 1 atom stereocenters. The van der Waals surface area contributed by atoms with E-state index in [1.165, 1.54) is 45.4 Å². The molecular formula is C18H17ClFN3O3S. The number of urea groups is 1. The normalized spacial score (nSPS) is 17.0. The van der Waals surface area contributed by atoms with E-state index >= 15 is 0 Å². The quantitative estimate of drug-likeness (QED) is 0.711. The summed E-state index contributed by atoms with van der Waals surface area (Å²) in [6.45, 7) is 1.56. The van der Waals surface area contributed by atoms with E-state index in [4.69, 9.17) is 11.6 Å². The third-order valence-corrected chi connectivity index (χ3v) is 5.51. The summed E-state index contributed by atoms with van der Waals surface area (Å²) >= 11 is 7.25. The average molecular weight is 410 g/mol. The Hall–Kier alpha value is -2.45. The maximum absolute atomic E-state index is 13.1. The highest BCUT2D eigenvalue weighted by atomic mass is 35.5. The van der Waals surface area contributed by atoms with Gasteiger partial charge in [0.2, 0.25) is 5.91 Å². The molecule has 4 amide bonds. The third kappa shape index (κ3) is 3.96. The molecule has 0 spiro atoms. The fourth-order valence-electron chi connectivity index (χ4n) is 2.82. The third-order valence-electron chi connectivity index (χ3n) is 4.29. The minimum absolute atomic E-state index is 0.337. The molecule has 1 unspecified atom stereocenters. The van der Waals surface area contributed by atoms with Gasteiger partial charge in [0.05, 0.1) is 10.9 Å². The van der Waals surface area contributed by atoms with Crippen molar-refractivity contribution in [3.05, 3.63) is 51.4 Å². The lowest BCUT2D eigenvalue weighted by atomic mass is 10.2. The summed E-state index contributed by atoms with van der Waals surface area (Å²) < 4.78 is 13.7. The smallest absolute Gasteiger partial charge is 0.332 e. The Balaban J connectivity index is 1.70. The van der Waals surface area contributed by atoms with E-state index < -0.39 is 23.8 Å². The molecule has 3 rings (SSSR count). The van der Waals surface area contributed by atoms with E-state index in [1.54, 1.807) is 20.0 Å². The van der Waals surface area contributed by atoms with Crippen molar-refractivity contribution in [3.8, 4) is 0 Å². The van der Waals surface area contributed by atoms with Crippen molar-refractivity contribution in [1.29, 1.82) is 0 Å². The van der Waals surface area contributed by atoms with Gasteiger partial charge in [0.1, 0.15) is 18.4 Å². The van der Waals surface area contributed by atoms with Gasteiger partial charge in [-0.1, -0.05) is 11.6 Å². The molecule has 1 saturated heterocycles. The predicted octanol–water partition coefficient (Wildman–Crippen LogP) is 3.36. The van der Waals surface area contributed by atoms with E-state index in [1.807, 2.05) is 6.07 Å². The molecule has 142 valence electrons. The predicted molar refractivity (Wildman–Crippen MR) is 101 cm³/mol. The number of amides is 4. The minimum atomic E-state index is -0.767. The fraction of sp³-hybridized carbons (Fsp3) is 0.278. The number of hydrogen-bond acceptors (Lipinski definition) is 4. The van der Waals surface area contributed by atoms with Gasteiger partial charge in [-0.25, -0.2) is 9.18 Å². The van der Waals surface area contributed by atoms with Crippen molar-refractivity contribution in [3.63, 3.8) is 0 Å². The zero-order valence-corrected chi connectivity index (χ0v) is 16.3. The number of rotatable bonds is 5. The first-order valence-corrected chi connectivity index (χ1v) is 9.35. The van der Waals surface area contributed by atoms with Gasteiger partial charge in [-0.15, -0.1) is 11.3 Å². The number of carbonyl (C=O) groups is 3. The number of anilines is 1. The van der Waals surface area contributed by atoms with Crippen LogP contribution in [0.4, 0.5) is 14.9 Å². The molecular weight excluding hydrogens is 393 g/mol. The molecule has 0 bridgehead atoms. The molecule has 9 heteroatoms. The van der Waals surface area contributed by atoms with Gasteiger partial charge in [0, 0.05) is 17.6 Å². The first-order valence-electron chi connectivity index (χ1n) is 8.16. The van der Waals surface area contributed by atoms with Gasteiger partial charge in [0.15, 0.2) is 0 Å². The van der Waals surface area contributed by atoms with Crippen LogP contribution in [-0.4, -0.2) is 47.3 Å². The van der Waals surface area contributed by atoms with E-state index in [9.17, 15) is 18.8 Å². The second-order valence-corrected chi connectivity index (χ2v) is 7.98. The molecule has 1 aliphatic heterocycles. The van der Waals surface area contributed by atoms with Crippen LogP contribution in [0.25, 0.3) is 0 Å². The van der Waals surface area contributed by atoms with Crippen molar-refractivity contribution in [1.82, 2.24) is 9.80 Å². The Morgan fingerprint density at radius 1 is 1.22 bits per heavy atom. The van der Waals surface area contributed by atoms with Crippen LogP contribution in [0.15, 0.2) is 36.4 Å². The van der Waals surface area contributed by atoms with Gasteiger partial charge >= 0.3 is 6.03 Å². The minimum Gasteiger partial charge on any atom is -0.339 e. The molecule has 1 aromatic carbocycles. The van der Waals surface area contributed by atoms with Gasteiger partial charge in [-0.2, -0.15) is 0 Å². The zero-order chi connectivity index (χ0) is 19.7. The number of carbonyl (C=O) groups excluding carboxylic acids is 3. The summed E-state index contributed by atoms with van der Waals surface area (Å²) in [6, 6.07) is 7.49. The lowest BCUT2D eigenvalue weighted by molar-refractivity contribution is -0.136. The highest BCUT2D eigenvalue weighted by Gasteiger charge is 2.44. The van der Waals surface area contributed by atoms with Crippen LogP contribution in [-0.2, 0) is 16.1 Å². The first kappa shape index (κ1) is 19.3. The lowest BCUT2D eigenvalue weighted by Gasteiger charge is -2.21. The SMILES string of the molecule is CC1C(=O)N(CC(=O)N(C)Cc2ccc(Cl)s2)C(=O)N1c1ccc(F)cc1. The number of hydrogen-bond donors (Lipinski definition) is 0. The molecule has 0 saturated carbocycles. The highest BCUT2D eigenvalue weighted by Crippen LogP contribution is 2.26. The number of nitrogens with zero attached hydrogens (tertiary/aromatic N) is 3. The van der Waals surface area contributed by atoms with Crippen LogP contribution in [0.3, 0.4) is 0 Å². The Kier molecular flexibility index (Phi) is 5.48. The van der Waals surface area contributed by atoms with Crippen molar-refractivity contribution in [2.45, 2.75) is 19.5 Å². The summed E-state index contributed by atoms with van der Waals surface area (Å²) in [5, 5.41) is 0. The first-order chi connectivity index (χ1) is 12.8. The molecule has 2 heterocycles. The highest BCUT2D eigenvalue weighted by molar-refractivity contribution is 7.16. The molecule has 1 aliphatic rings. The van der Waals surface area contributed by atoms with Gasteiger partial charge in [-0.3, -0.25) is 19.4 Å². The molecule has 2 aromatic rings. The number of benzene rings is 1. The molecule has 27 heavy (non-hydrogen) atoms. The van der Waals surface area contributed by atoms with E-state index in [0.29, 0.717) is 16.6 Å². The van der Waals surface area contributed by atoms with Gasteiger partial charge in [-0.05, 0) is 43.3 Å². The number of imide groups is 1. The standard InChI is InChI=1S/C18H17ClFN3O3S/c1-11-17(25)22(18(26)23(11)13-5-3-12(20)4-6-13)10-16(24)21(2)9-14-7-8-15(19)27-14/h3-8,11H,9-10H2,1-2H3. The molecule has 6 nitrogen and oxygen atoms in total. The van der Waals surface area contributed by atoms with Crippen LogP contribution in [0.1, 0.15) is 11.8 Å². The lowest BCUT2D eigenvalue weighted by Crippen LogP contribution is -2.42. The molecule has 1 aromatic heterocycles. The van der Waals surface area contributed by atoms with E-state index in [0.717, 1.165) is 9.78 Å². The van der Waals surface area contributed by atoms with Crippen LogP contribution in [0.2, 0.25) is 4.34 Å². The fourth-order valence-corrected chi connectivity index (χ4v) is 3.96. The van der Waals surface area contributed by atoms with Crippen molar-refractivity contribution in [2.75, 3.05) is 18.5 Å². The number of likely N-dealkylation sites (N-methyl/N-ethyl adjacent to an activating group) is 1. The largest absolute Gasteiger partial charge is 0.339 e. The number of thiophene rings is 1. The maximum atomic E-state index is 13.1. The summed E-state index contributed by atoms with van der Waals surface area (Å²) in [5.74, 6) is -1.27. The van der Waals surface area contributed by atoms with Gasteiger partial charge < -0.3 is 4.90 Å². The van der Waals surface area contributed by atoms with Crippen molar-refractivity contribution >= 4 is 46.5 Å². The van der Waals surface area contributed by atoms with E-state index in [-0.39, 0.29) is 12.5 Å². The van der Waals surface area contributed by atoms with E-state index in [2.05, 4.69) is 0 Å². The zero-order valence-electron chi connectivity index (χ0n) is 14.7. The van der Waals surface area contributed by atoms with Crippen LogP contribution >= 0.6 is 22.9 Å². The summed E-state index contributed by atoms with van der Waals surface area (Å²) in [4.78, 5) is 42.2. The second kappa shape index (κ2) is 7.66. The Morgan fingerprint density at radius 2 is 1.89 bits per heavy atom. The molecule has 0 aliphatic carbocycles. The molecule has 1 fully saturated rings. The van der Waals surface area contributed by atoms with Crippen LogP contribution < -0.4 is 4.90 Å². The Morgan fingerprint density at radius 3 is 2.48 bits per heavy atom. The topological polar surface area (TPSA) is 60.9 Å². The Bertz CT molecular complexity index is 886. The van der Waals surface area contributed by atoms with Crippen molar-refractivity contribution in [2.24, 2.45) is 0 Å². The van der Waals surface area contributed by atoms with Crippen molar-refractivity contribution < 1.29 is 18.8 Å². The summed E-state index contributed by atoms with van der Waals surface area (Å²) in [5.41, 5.74) is 0.402. The average Bonchev–Trinajstić information content (AvgIpc) is 3.12. The maximum Gasteiger partial charge on any atom is 0.332 e. The monoisotopic (exact) mass is 409 g/mol. The Labute approximate surface area is 164 Å². The van der Waals surface area contributed by atoms with Crippen LogP contribution in [0, 0.1) is 5.82 Å². The molecule has 0 radical (unpaired) electrons. The number of halogens is 2. The summed E-state index contributed by atoms with van der Waals surface area (Å²) in [7, 11) is 1.60. The van der Waals surface area contributed by atoms with Crippen LogP contribution in [0.5, 0.6) is 0 Å². The summed E-state index contributed by atoms with van der Waals surface area (Å²) in [6.07, 6.45) is 0. The molecule has 0 N–H and O–H groups in total.